The SMILES string of the molecule is Nc1cc(N2CCC(O)C2)cc(S(N)(=O)=O)c1. The lowest BCUT2D eigenvalue weighted by Crippen LogP contribution is -2.22. The molecule has 17 heavy (non-hydrogen) atoms. The van der Waals surface area contributed by atoms with Crippen LogP contribution >= 0.6 is 0 Å². The van der Waals surface area contributed by atoms with Gasteiger partial charge in [0, 0.05) is 24.5 Å². The standard InChI is InChI=1S/C10H15N3O3S/c11-7-3-8(13-2-1-9(14)6-13)5-10(4-7)17(12,15)16/h3-5,9,14H,1-2,6,11H2,(H2,12,15,16). The molecule has 1 aliphatic heterocycles. The lowest BCUT2D eigenvalue weighted by atomic mass is 10.2. The van der Waals surface area contributed by atoms with E-state index in [-0.39, 0.29) is 11.0 Å². The van der Waals surface area contributed by atoms with Crippen LogP contribution in [0.3, 0.4) is 0 Å². The number of sulfonamides is 1. The molecular weight excluding hydrogens is 242 g/mol. The van der Waals surface area contributed by atoms with Gasteiger partial charge >= 0.3 is 0 Å². The number of benzene rings is 1. The second-order valence-electron chi connectivity index (χ2n) is 4.19. The van der Waals surface area contributed by atoms with Gasteiger partial charge in [-0.3, -0.25) is 0 Å². The van der Waals surface area contributed by atoms with Crippen LogP contribution < -0.4 is 15.8 Å². The third kappa shape index (κ3) is 2.68. The zero-order valence-electron chi connectivity index (χ0n) is 9.20. The molecule has 0 radical (unpaired) electrons. The Morgan fingerprint density at radius 3 is 2.59 bits per heavy atom. The number of hydrogen-bond acceptors (Lipinski definition) is 5. The molecule has 2 rings (SSSR count). The molecule has 1 unspecified atom stereocenters. The summed E-state index contributed by atoms with van der Waals surface area (Å²) in [6.07, 6.45) is 0.286. The van der Waals surface area contributed by atoms with Crippen LogP contribution in [0.4, 0.5) is 11.4 Å². The van der Waals surface area contributed by atoms with Gasteiger partial charge in [0.05, 0.1) is 11.0 Å². The van der Waals surface area contributed by atoms with Crippen molar-refractivity contribution in [3.05, 3.63) is 18.2 Å². The number of aliphatic hydroxyl groups excluding tert-OH is 1. The number of primary sulfonamides is 1. The van der Waals surface area contributed by atoms with Crippen LogP contribution in [-0.2, 0) is 10.0 Å². The number of nitrogens with zero attached hydrogens (tertiary/aromatic N) is 1. The van der Waals surface area contributed by atoms with E-state index < -0.39 is 10.0 Å². The van der Waals surface area contributed by atoms with Gasteiger partial charge in [-0.15, -0.1) is 0 Å². The van der Waals surface area contributed by atoms with E-state index in [9.17, 15) is 13.5 Å². The topological polar surface area (TPSA) is 110 Å². The van der Waals surface area contributed by atoms with Crippen LogP contribution in [0.5, 0.6) is 0 Å². The molecule has 0 spiro atoms. The zero-order chi connectivity index (χ0) is 12.6. The predicted molar refractivity (Wildman–Crippen MR) is 65.1 cm³/mol. The minimum Gasteiger partial charge on any atom is -0.399 e. The van der Waals surface area contributed by atoms with E-state index in [1.54, 1.807) is 6.07 Å². The number of anilines is 2. The Bertz CT molecular complexity index is 530. The molecular formula is C10H15N3O3S. The van der Waals surface area contributed by atoms with Crippen LogP contribution in [0, 0.1) is 0 Å². The first-order valence-electron chi connectivity index (χ1n) is 5.22. The van der Waals surface area contributed by atoms with Crippen molar-refractivity contribution in [3.63, 3.8) is 0 Å². The summed E-state index contributed by atoms with van der Waals surface area (Å²) in [7, 11) is -3.76. The van der Waals surface area contributed by atoms with Gasteiger partial charge in [0.15, 0.2) is 0 Å². The average molecular weight is 257 g/mol. The van der Waals surface area contributed by atoms with Crippen LogP contribution in [-0.4, -0.2) is 32.7 Å². The highest BCUT2D eigenvalue weighted by atomic mass is 32.2. The normalized spacial score (nSPS) is 20.8. The van der Waals surface area contributed by atoms with E-state index in [1.807, 2.05) is 4.90 Å². The fourth-order valence-electron chi connectivity index (χ4n) is 1.93. The van der Waals surface area contributed by atoms with Gasteiger partial charge < -0.3 is 15.7 Å². The van der Waals surface area contributed by atoms with E-state index >= 15 is 0 Å². The molecule has 1 saturated heterocycles. The molecule has 1 aromatic rings. The first kappa shape index (κ1) is 12.2. The van der Waals surface area contributed by atoms with Crippen LogP contribution in [0.15, 0.2) is 23.1 Å². The van der Waals surface area contributed by atoms with Crippen molar-refractivity contribution in [3.8, 4) is 0 Å². The summed E-state index contributed by atoms with van der Waals surface area (Å²) in [4.78, 5) is 1.88. The highest BCUT2D eigenvalue weighted by Crippen LogP contribution is 2.26. The average Bonchev–Trinajstić information content (AvgIpc) is 2.62. The van der Waals surface area contributed by atoms with Gasteiger partial charge in [0.1, 0.15) is 0 Å². The minimum atomic E-state index is -3.76. The second kappa shape index (κ2) is 4.17. The van der Waals surface area contributed by atoms with Gasteiger partial charge in [0.25, 0.3) is 0 Å². The lowest BCUT2D eigenvalue weighted by molar-refractivity contribution is 0.198. The molecule has 0 amide bonds. The quantitative estimate of drug-likeness (QED) is 0.618. The monoisotopic (exact) mass is 257 g/mol. The summed E-state index contributed by atoms with van der Waals surface area (Å²) in [5, 5.41) is 14.5. The molecule has 7 heteroatoms. The summed E-state index contributed by atoms with van der Waals surface area (Å²) in [5.41, 5.74) is 6.66. The van der Waals surface area contributed by atoms with Crippen molar-refractivity contribution in [2.45, 2.75) is 17.4 Å². The van der Waals surface area contributed by atoms with Crippen LogP contribution in [0.2, 0.25) is 0 Å². The van der Waals surface area contributed by atoms with Gasteiger partial charge in [-0.05, 0) is 24.6 Å². The van der Waals surface area contributed by atoms with E-state index in [0.29, 0.717) is 30.9 Å². The molecule has 94 valence electrons. The van der Waals surface area contributed by atoms with E-state index in [1.165, 1.54) is 12.1 Å². The molecule has 0 aromatic heterocycles. The number of hydrogen-bond donors (Lipinski definition) is 3. The number of nitrogen functional groups attached to an aromatic ring is 1. The maximum atomic E-state index is 11.3. The van der Waals surface area contributed by atoms with Gasteiger partial charge in [-0.25, -0.2) is 13.6 Å². The van der Waals surface area contributed by atoms with Gasteiger partial charge in [0.2, 0.25) is 10.0 Å². The predicted octanol–water partition coefficient (Wildman–Crippen LogP) is -0.513. The second-order valence-corrected chi connectivity index (χ2v) is 5.76. The number of nitrogens with two attached hydrogens (primary N) is 2. The smallest absolute Gasteiger partial charge is 0.238 e. The minimum absolute atomic E-state index is 0.00566. The van der Waals surface area contributed by atoms with Gasteiger partial charge in [-0.2, -0.15) is 0 Å². The summed E-state index contributed by atoms with van der Waals surface area (Å²) in [6.45, 7) is 1.15. The first-order valence-corrected chi connectivity index (χ1v) is 6.77. The van der Waals surface area contributed by atoms with Crippen molar-refractivity contribution in [2.24, 2.45) is 5.14 Å². The van der Waals surface area contributed by atoms with Crippen molar-refractivity contribution in [2.75, 3.05) is 23.7 Å². The van der Waals surface area contributed by atoms with Crippen LogP contribution in [0.1, 0.15) is 6.42 Å². The van der Waals surface area contributed by atoms with Crippen molar-refractivity contribution < 1.29 is 13.5 Å². The highest BCUT2D eigenvalue weighted by Gasteiger charge is 2.22. The molecule has 6 nitrogen and oxygen atoms in total. The fourth-order valence-corrected chi connectivity index (χ4v) is 2.51. The Balaban J connectivity index is 2.39. The fraction of sp³-hybridized carbons (Fsp3) is 0.400. The molecule has 0 aliphatic carbocycles. The Morgan fingerprint density at radius 2 is 2.06 bits per heavy atom. The summed E-state index contributed by atoms with van der Waals surface area (Å²) in [6, 6.07) is 4.47. The Hall–Kier alpha value is -1.31. The third-order valence-corrected chi connectivity index (χ3v) is 3.66. The van der Waals surface area contributed by atoms with E-state index in [2.05, 4.69) is 0 Å². The lowest BCUT2D eigenvalue weighted by Gasteiger charge is -2.19. The maximum Gasteiger partial charge on any atom is 0.238 e. The highest BCUT2D eigenvalue weighted by molar-refractivity contribution is 7.89. The summed E-state index contributed by atoms with van der Waals surface area (Å²) < 4.78 is 22.5. The Kier molecular flexibility index (Phi) is 2.98. The third-order valence-electron chi connectivity index (χ3n) is 2.77. The summed E-state index contributed by atoms with van der Waals surface area (Å²) in [5.74, 6) is 0. The molecule has 5 N–H and O–H groups in total. The Labute approximate surface area is 99.9 Å². The molecule has 1 aromatic carbocycles. The van der Waals surface area contributed by atoms with Crippen molar-refractivity contribution in [1.29, 1.82) is 0 Å². The van der Waals surface area contributed by atoms with Gasteiger partial charge in [-0.1, -0.05) is 0 Å². The van der Waals surface area contributed by atoms with E-state index in [0.717, 1.165) is 0 Å². The maximum absolute atomic E-state index is 11.3. The molecule has 1 atom stereocenters. The first-order chi connectivity index (χ1) is 7.86. The zero-order valence-corrected chi connectivity index (χ0v) is 10.0. The van der Waals surface area contributed by atoms with Crippen molar-refractivity contribution >= 4 is 21.4 Å². The molecule has 0 bridgehead atoms. The largest absolute Gasteiger partial charge is 0.399 e. The molecule has 1 aliphatic rings. The molecule has 1 fully saturated rings. The van der Waals surface area contributed by atoms with E-state index in [4.69, 9.17) is 10.9 Å². The number of rotatable bonds is 2. The van der Waals surface area contributed by atoms with Crippen molar-refractivity contribution in [1.82, 2.24) is 0 Å². The molecule has 1 heterocycles. The Morgan fingerprint density at radius 1 is 1.35 bits per heavy atom. The number of β-amino-alcohol motifs (C(OH)–C–C–N with tert-alkyl or cyclic N) is 1. The molecule has 0 saturated carbocycles. The van der Waals surface area contributed by atoms with Crippen LogP contribution in [0.25, 0.3) is 0 Å². The summed E-state index contributed by atoms with van der Waals surface area (Å²) >= 11 is 0. The number of aliphatic hydroxyl groups is 1.